The van der Waals surface area contributed by atoms with Crippen molar-refractivity contribution in [1.82, 2.24) is 4.98 Å². The zero-order valence-corrected chi connectivity index (χ0v) is 31.4. The number of anilines is 4. The summed E-state index contributed by atoms with van der Waals surface area (Å²) < 4.78 is 20.4. The molecular formula is C43H42FN5O4S. The molecule has 54 heavy (non-hydrogen) atoms. The van der Waals surface area contributed by atoms with Crippen LogP contribution in [0.2, 0.25) is 0 Å². The Balaban J connectivity index is 0.974. The van der Waals surface area contributed by atoms with Crippen LogP contribution in [0.25, 0.3) is 10.4 Å². The first-order chi connectivity index (χ1) is 26.1. The zero-order valence-electron chi connectivity index (χ0n) is 30.6. The molecule has 9 nitrogen and oxygen atoms in total. The minimum atomic E-state index is -0.546. The number of pyridine rings is 1. The van der Waals surface area contributed by atoms with Gasteiger partial charge in [-0.1, -0.05) is 44.2 Å². The van der Waals surface area contributed by atoms with E-state index in [-0.39, 0.29) is 28.7 Å². The summed E-state index contributed by atoms with van der Waals surface area (Å²) >= 11 is 1.42. The molecule has 3 aromatic carbocycles. The summed E-state index contributed by atoms with van der Waals surface area (Å²) in [6.07, 6.45) is 4.41. The van der Waals surface area contributed by atoms with E-state index in [9.17, 15) is 18.8 Å². The van der Waals surface area contributed by atoms with Crippen LogP contribution in [-0.4, -0.2) is 55.6 Å². The Morgan fingerprint density at radius 3 is 2.44 bits per heavy atom. The molecule has 2 aromatic heterocycles. The molecule has 3 aliphatic rings. The number of carbonyl (C=O) groups excluding carboxylic acids is 3. The van der Waals surface area contributed by atoms with Crippen molar-refractivity contribution >= 4 is 51.3 Å². The van der Waals surface area contributed by atoms with Gasteiger partial charge >= 0.3 is 0 Å². The summed E-state index contributed by atoms with van der Waals surface area (Å²) in [6.45, 7) is 9.51. The van der Waals surface area contributed by atoms with Gasteiger partial charge in [-0.3, -0.25) is 14.4 Å². The van der Waals surface area contributed by atoms with Crippen LogP contribution in [0.3, 0.4) is 0 Å². The number of thiophene rings is 1. The van der Waals surface area contributed by atoms with Crippen LogP contribution in [0.4, 0.5) is 26.6 Å². The third kappa shape index (κ3) is 6.78. The Kier molecular flexibility index (Phi) is 9.53. The van der Waals surface area contributed by atoms with E-state index < -0.39 is 11.7 Å². The second-order valence-electron chi connectivity index (χ2n) is 14.9. The van der Waals surface area contributed by atoms with E-state index in [0.717, 1.165) is 66.4 Å². The van der Waals surface area contributed by atoms with Crippen LogP contribution in [0.15, 0.2) is 85.1 Å². The van der Waals surface area contributed by atoms with E-state index in [0.29, 0.717) is 46.2 Å². The number of carbonyl (C=O) groups is 3. The maximum Gasteiger partial charge on any atom is 0.259 e. The molecule has 0 saturated carbocycles. The van der Waals surface area contributed by atoms with Gasteiger partial charge in [0.1, 0.15) is 11.6 Å². The summed E-state index contributed by atoms with van der Waals surface area (Å²) in [6, 6.07) is 23.3. The first-order valence-electron chi connectivity index (χ1n) is 18.4. The number of fused-ring (bicyclic) bond motifs is 3. The molecule has 5 heterocycles. The van der Waals surface area contributed by atoms with Gasteiger partial charge in [0.2, 0.25) is 0 Å². The van der Waals surface area contributed by atoms with E-state index in [4.69, 9.17) is 4.74 Å². The molecule has 0 atom stereocenters. The van der Waals surface area contributed by atoms with E-state index in [1.165, 1.54) is 17.4 Å². The fourth-order valence-electron chi connectivity index (χ4n) is 7.87. The molecule has 0 bridgehead atoms. The Bertz CT molecular complexity index is 2250. The number of nitrogens with zero attached hydrogens (tertiary/aromatic N) is 3. The minimum absolute atomic E-state index is 0.0166. The molecule has 3 aliphatic heterocycles. The van der Waals surface area contributed by atoms with E-state index >= 15 is 0 Å². The smallest absolute Gasteiger partial charge is 0.259 e. The van der Waals surface area contributed by atoms with Crippen LogP contribution in [0.1, 0.15) is 80.4 Å². The van der Waals surface area contributed by atoms with Gasteiger partial charge in [-0.2, -0.15) is 0 Å². The number of hydrogen-bond donors (Lipinski definition) is 2. The maximum atomic E-state index is 14.8. The minimum Gasteiger partial charge on any atom is -0.381 e. The number of ether oxygens (including phenoxy) is 1. The van der Waals surface area contributed by atoms with Gasteiger partial charge in [0.25, 0.3) is 17.7 Å². The van der Waals surface area contributed by atoms with Crippen molar-refractivity contribution in [3.8, 4) is 10.4 Å². The average molecular weight is 744 g/mol. The second kappa shape index (κ2) is 14.4. The van der Waals surface area contributed by atoms with Crippen molar-refractivity contribution in [3.05, 3.63) is 124 Å². The number of hydrogen-bond acceptors (Lipinski definition) is 7. The van der Waals surface area contributed by atoms with E-state index in [1.54, 1.807) is 47.5 Å². The molecule has 276 valence electrons. The number of rotatable bonds is 7. The molecule has 2 fully saturated rings. The van der Waals surface area contributed by atoms with Crippen LogP contribution in [0, 0.1) is 18.2 Å². The molecule has 2 N–H and O–H groups in total. The monoisotopic (exact) mass is 743 g/mol. The SMILES string of the molecule is Cc1cnc(N2CC3(CCOCC3)C2)c(C(=O)Nc2ccc(C(=O)N3CCc4cc(NC(=O)c5c(F)cccc5C(C)C)sc4-c4ccccc43)cc2)c1. The molecule has 0 unspecified atom stereocenters. The van der Waals surface area contributed by atoms with Crippen molar-refractivity contribution in [1.29, 1.82) is 0 Å². The van der Waals surface area contributed by atoms with Gasteiger partial charge < -0.3 is 25.2 Å². The number of nitrogens with one attached hydrogen (secondary N) is 2. The summed E-state index contributed by atoms with van der Waals surface area (Å²) in [5.74, 6) is -0.753. The number of halogens is 1. The van der Waals surface area contributed by atoms with Gasteiger partial charge in [0.15, 0.2) is 0 Å². The van der Waals surface area contributed by atoms with Crippen molar-refractivity contribution in [2.75, 3.05) is 53.3 Å². The highest BCUT2D eigenvalue weighted by Crippen LogP contribution is 2.44. The van der Waals surface area contributed by atoms with Gasteiger partial charge in [-0.15, -0.1) is 11.3 Å². The second-order valence-corrected chi connectivity index (χ2v) is 15.9. The summed E-state index contributed by atoms with van der Waals surface area (Å²) in [5.41, 5.74) is 6.11. The predicted octanol–water partition coefficient (Wildman–Crippen LogP) is 8.71. The summed E-state index contributed by atoms with van der Waals surface area (Å²) in [4.78, 5) is 50.6. The van der Waals surface area contributed by atoms with Crippen LogP contribution in [-0.2, 0) is 11.2 Å². The van der Waals surface area contributed by atoms with Crippen molar-refractivity contribution < 1.29 is 23.5 Å². The van der Waals surface area contributed by atoms with E-state index in [1.807, 2.05) is 57.2 Å². The molecule has 0 aliphatic carbocycles. The lowest BCUT2D eigenvalue weighted by Gasteiger charge is -2.53. The summed E-state index contributed by atoms with van der Waals surface area (Å²) in [5, 5.41) is 6.58. The quantitative estimate of drug-likeness (QED) is 0.173. The molecule has 11 heteroatoms. The number of benzene rings is 3. The van der Waals surface area contributed by atoms with Crippen molar-refractivity contribution in [2.24, 2.45) is 5.41 Å². The van der Waals surface area contributed by atoms with Gasteiger partial charge in [0, 0.05) is 66.2 Å². The van der Waals surface area contributed by atoms with E-state index in [2.05, 4.69) is 20.5 Å². The number of para-hydroxylation sites is 1. The highest BCUT2D eigenvalue weighted by Gasteiger charge is 2.45. The average Bonchev–Trinajstić information content (AvgIpc) is 3.49. The van der Waals surface area contributed by atoms with Gasteiger partial charge in [-0.05, 0) is 97.3 Å². The van der Waals surface area contributed by atoms with Crippen LogP contribution < -0.4 is 20.4 Å². The topological polar surface area (TPSA) is 104 Å². The van der Waals surface area contributed by atoms with Gasteiger partial charge in [0.05, 0.1) is 21.8 Å². The Morgan fingerprint density at radius 2 is 1.69 bits per heavy atom. The predicted molar refractivity (Wildman–Crippen MR) is 212 cm³/mol. The fraction of sp³-hybridized carbons (Fsp3) is 0.302. The van der Waals surface area contributed by atoms with Crippen molar-refractivity contribution in [2.45, 2.75) is 46.0 Å². The Morgan fingerprint density at radius 1 is 0.926 bits per heavy atom. The lowest BCUT2D eigenvalue weighted by atomic mass is 9.73. The molecule has 1 spiro atoms. The highest BCUT2D eigenvalue weighted by molar-refractivity contribution is 7.19. The Hall–Kier alpha value is -5.39. The number of aromatic nitrogens is 1. The summed E-state index contributed by atoms with van der Waals surface area (Å²) in [7, 11) is 0. The number of amides is 3. The number of aryl methyl sites for hydroxylation is 1. The third-order valence-corrected chi connectivity index (χ3v) is 11.9. The van der Waals surface area contributed by atoms with Gasteiger partial charge in [-0.25, -0.2) is 9.37 Å². The molecule has 5 aromatic rings. The lowest BCUT2D eigenvalue weighted by molar-refractivity contribution is -0.000511. The molecule has 8 rings (SSSR count). The molecule has 2 saturated heterocycles. The lowest BCUT2D eigenvalue weighted by Crippen LogP contribution is -2.59. The van der Waals surface area contributed by atoms with Crippen molar-refractivity contribution in [3.63, 3.8) is 0 Å². The molecule has 0 radical (unpaired) electrons. The van der Waals surface area contributed by atoms with Crippen LogP contribution in [0.5, 0.6) is 0 Å². The maximum absolute atomic E-state index is 14.8. The van der Waals surface area contributed by atoms with Crippen LogP contribution >= 0.6 is 11.3 Å². The third-order valence-electron chi connectivity index (χ3n) is 10.8. The molecular weight excluding hydrogens is 702 g/mol. The first kappa shape index (κ1) is 35.6. The largest absolute Gasteiger partial charge is 0.381 e. The molecule has 3 amide bonds. The standard InChI is InChI=1S/C43H42FN5O4S/c1-26(2)31-8-6-9-34(44)37(31)41(51)47-36-22-29-15-18-49(35-10-5-4-7-32(35)38(29)54-36)42(52)28-11-13-30(14-12-28)46-40(50)33-21-27(3)23-45-39(33)48-24-43(25-48)16-19-53-20-17-43/h4-14,21-23,26H,15-20,24-25H2,1-3H3,(H,46,50)(H,47,51). The first-order valence-corrected chi connectivity index (χ1v) is 19.3. The fourth-order valence-corrected chi connectivity index (χ4v) is 9.01. The normalized spacial score (nSPS) is 15.9. The highest BCUT2D eigenvalue weighted by atomic mass is 32.1. The Labute approximate surface area is 318 Å². The zero-order chi connectivity index (χ0) is 37.6.